The standard InChI is InChI=1S/C16H22ClNO2S/c1-16(2,3)20-15(19)10-21-13-7-4-11(14(17)8-13)9-18-12-5-6-12/h4,7-8,12,18H,5-6,9-10H2,1-3H3. The summed E-state index contributed by atoms with van der Waals surface area (Å²) in [5.41, 5.74) is 0.665. The Balaban J connectivity index is 1.83. The number of halogens is 1. The van der Waals surface area contributed by atoms with E-state index in [-0.39, 0.29) is 5.97 Å². The first kappa shape index (κ1) is 16.7. The highest BCUT2D eigenvalue weighted by Gasteiger charge is 2.20. The van der Waals surface area contributed by atoms with Crippen LogP contribution in [-0.4, -0.2) is 23.4 Å². The molecule has 1 saturated carbocycles. The predicted octanol–water partition coefficient (Wildman–Crippen LogP) is 4.03. The monoisotopic (exact) mass is 327 g/mol. The minimum Gasteiger partial charge on any atom is -0.459 e. The maximum Gasteiger partial charge on any atom is 0.316 e. The van der Waals surface area contributed by atoms with E-state index in [1.54, 1.807) is 0 Å². The first-order valence-electron chi connectivity index (χ1n) is 7.20. The van der Waals surface area contributed by atoms with Crippen LogP contribution in [0.15, 0.2) is 23.1 Å². The molecule has 1 fully saturated rings. The summed E-state index contributed by atoms with van der Waals surface area (Å²) in [4.78, 5) is 12.7. The van der Waals surface area contributed by atoms with Crippen molar-refractivity contribution in [3.8, 4) is 0 Å². The number of carbonyl (C=O) groups excluding carboxylic acids is 1. The van der Waals surface area contributed by atoms with Gasteiger partial charge in [-0.25, -0.2) is 0 Å². The Kier molecular flexibility index (Phi) is 5.58. The number of carbonyl (C=O) groups is 1. The number of esters is 1. The van der Waals surface area contributed by atoms with Crippen molar-refractivity contribution >= 4 is 29.3 Å². The molecule has 116 valence electrons. The minimum absolute atomic E-state index is 0.205. The Morgan fingerprint density at radius 1 is 1.43 bits per heavy atom. The van der Waals surface area contributed by atoms with Crippen LogP contribution in [0.1, 0.15) is 39.2 Å². The van der Waals surface area contributed by atoms with E-state index in [1.165, 1.54) is 24.6 Å². The second-order valence-electron chi connectivity index (χ2n) is 6.28. The third-order valence-electron chi connectivity index (χ3n) is 2.96. The summed E-state index contributed by atoms with van der Waals surface area (Å²) in [6.07, 6.45) is 2.53. The van der Waals surface area contributed by atoms with Crippen molar-refractivity contribution in [1.29, 1.82) is 0 Å². The normalized spacial score (nSPS) is 15.0. The van der Waals surface area contributed by atoms with E-state index in [2.05, 4.69) is 5.32 Å². The molecular formula is C16H22ClNO2S. The van der Waals surface area contributed by atoms with Crippen molar-refractivity contribution in [2.24, 2.45) is 0 Å². The van der Waals surface area contributed by atoms with Gasteiger partial charge in [0, 0.05) is 22.5 Å². The molecule has 5 heteroatoms. The summed E-state index contributed by atoms with van der Waals surface area (Å²) in [6.45, 7) is 6.41. The minimum atomic E-state index is -0.437. The molecule has 1 aromatic rings. The zero-order valence-corrected chi connectivity index (χ0v) is 14.3. The molecule has 1 aliphatic rings. The van der Waals surface area contributed by atoms with Crippen LogP contribution in [0.25, 0.3) is 0 Å². The molecule has 1 aromatic carbocycles. The van der Waals surface area contributed by atoms with Crippen LogP contribution in [-0.2, 0) is 16.1 Å². The van der Waals surface area contributed by atoms with Gasteiger partial charge in [-0.15, -0.1) is 11.8 Å². The topological polar surface area (TPSA) is 38.3 Å². The van der Waals surface area contributed by atoms with Gasteiger partial charge in [-0.1, -0.05) is 17.7 Å². The van der Waals surface area contributed by atoms with Crippen molar-refractivity contribution in [3.63, 3.8) is 0 Å². The molecule has 1 aliphatic carbocycles. The highest BCUT2D eigenvalue weighted by atomic mass is 35.5. The Morgan fingerprint density at radius 2 is 2.14 bits per heavy atom. The molecule has 0 atom stereocenters. The zero-order valence-electron chi connectivity index (χ0n) is 12.7. The highest BCUT2D eigenvalue weighted by molar-refractivity contribution is 8.00. The van der Waals surface area contributed by atoms with E-state index >= 15 is 0 Å². The molecule has 0 aliphatic heterocycles. The van der Waals surface area contributed by atoms with Gasteiger partial charge in [0.25, 0.3) is 0 Å². The van der Waals surface area contributed by atoms with Crippen molar-refractivity contribution < 1.29 is 9.53 Å². The fourth-order valence-electron chi connectivity index (χ4n) is 1.82. The van der Waals surface area contributed by atoms with Crippen molar-refractivity contribution in [1.82, 2.24) is 5.32 Å². The Hall–Kier alpha value is -0.710. The maximum absolute atomic E-state index is 11.7. The number of ether oxygens (including phenoxy) is 1. The molecule has 0 bridgehead atoms. The van der Waals surface area contributed by atoms with E-state index in [0.717, 1.165) is 22.0 Å². The van der Waals surface area contributed by atoms with Gasteiger partial charge >= 0.3 is 5.97 Å². The molecule has 0 saturated heterocycles. The van der Waals surface area contributed by atoms with Gasteiger partial charge in [0.1, 0.15) is 5.60 Å². The van der Waals surface area contributed by atoms with E-state index in [1.807, 2.05) is 39.0 Å². The molecule has 3 nitrogen and oxygen atoms in total. The van der Waals surface area contributed by atoms with Crippen LogP contribution in [0.5, 0.6) is 0 Å². The smallest absolute Gasteiger partial charge is 0.316 e. The number of hydrogen-bond donors (Lipinski definition) is 1. The second kappa shape index (κ2) is 7.03. The first-order valence-corrected chi connectivity index (χ1v) is 8.56. The fraction of sp³-hybridized carbons (Fsp3) is 0.562. The molecule has 2 rings (SSSR count). The molecule has 21 heavy (non-hydrogen) atoms. The Morgan fingerprint density at radius 3 is 2.71 bits per heavy atom. The highest BCUT2D eigenvalue weighted by Crippen LogP contribution is 2.26. The lowest BCUT2D eigenvalue weighted by Crippen LogP contribution is -2.24. The summed E-state index contributed by atoms with van der Waals surface area (Å²) in [6, 6.07) is 6.61. The van der Waals surface area contributed by atoms with Crippen molar-refractivity contribution in [2.75, 3.05) is 5.75 Å². The lowest BCUT2D eigenvalue weighted by molar-refractivity contribution is -0.151. The Bertz CT molecular complexity index is 509. The lowest BCUT2D eigenvalue weighted by Gasteiger charge is -2.19. The quantitative estimate of drug-likeness (QED) is 0.632. The summed E-state index contributed by atoms with van der Waals surface area (Å²) in [5, 5.41) is 4.19. The van der Waals surface area contributed by atoms with E-state index in [9.17, 15) is 4.79 Å². The van der Waals surface area contributed by atoms with Crippen LogP contribution in [0.2, 0.25) is 5.02 Å². The molecular weight excluding hydrogens is 306 g/mol. The molecule has 0 amide bonds. The van der Waals surface area contributed by atoms with Gasteiger partial charge in [0.2, 0.25) is 0 Å². The number of nitrogens with one attached hydrogen (secondary N) is 1. The van der Waals surface area contributed by atoms with Gasteiger partial charge in [-0.3, -0.25) is 4.79 Å². The van der Waals surface area contributed by atoms with Gasteiger partial charge < -0.3 is 10.1 Å². The van der Waals surface area contributed by atoms with E-state index < -0.39 is 5.60 Å². The first-order chi connectivity index (χ1) is 9.83. The van der Waals surface area contributed by atoms with Gasteiger partial charge in [0.05, 0.1) is 5.75 Å². The average molecular weight is 328 g/mol. The van der Waals surface area contributed by atoms with E-state index in [4.69, 9.17) is 16.3 Å². The summed E-state index contributed by atoms with van der Waals surface area (Å²) >= 11 is 7.73. The van der Waals surface area contributed by atoms with Gasteiger partial charge in [-0.2, -0.15) is 0 Å². The Labute approximate surface area is 135 Å². The van der Waals surface area contributed by atoms with Crippen LogP contribution in [0.3, 0.4) is 0 Å². The van der Waals surface area contributed by atoms with Crippen LogP contribution in [0.4, 0.5) is 0 Å². The van der Waals surface area contributed by atoms with Gasteiger partial charge in [0.15, 0.2) is 0 Å². The predicted molar refractivity (Wildman–Crippen MR) is 87.9 cm³/mol. The van der Waals surface area contributed by atoms with Crippen LogP contribution >= 0.6 is 23.4 Å². The second-order valence-corrected chi connectivity index (χ2v) is 7.74. The fourth-order valence-corrected chi connectivity index (χ4v) is 2.84. The number of hydrogen-bond acceptors (Lipinski definition) is 4. The number of benzene rings is 1. The average Bonchev–Trinajstić information content (AvgIpc) is 3.17. The number of rotatable bonds is 6. The molecule has 0 radical (unpaired) electrons. The molecule has 1 N–H and O–H groups in total. The zero-order chi connectivity index (χ0) is 15.5. The summed E-state index contributed by atoms with van der Waals surface area (Å²) < 4.78 is 5.28. The molecule has 0 unspecified atom stereocenters. The molecule has 0 aromatic heterocycles. The lowest BCUT2D eigenvalue weighted by atomic mass is 10.2. The molecule has 0 spiro atoms. The molecule has 0 heterocycles. The van der Waals surface area contributed by atoms with Crippen LogP contribution in [0, 0.1) is 0 Å². The maximum atomic E-state index is 11.7. The van der Waals surface area contributed by atoms with Crippen molar-refractivity contribution in [3.05, 3.63) is 28.8 Å². The third-order valence-corrected chi connectivity index (χ3v) is 4.28. The largest absolute Gasteiger partial charge is 0.459 e. The van der Waals surface area contributed by atoms with Crippen LogP contribution < -0.4 is 5.32 Å². The summed E-state index contributed by atoms with van der Waals surface area (Å²) in [5.74, 6) is 0.0934. The van der Waals surface area contributed by atoms with E-state index in [0.29, 0.717) is 11.8 Å². The summed E-state index contributed by atoms with van der Waals surface area (Å²) in [7, 11) is 0. The number of thioether (sulfide) groups is 1. The van der Waals surface area contributed by atoms with Crippen molar-refractivity contribution in [2.45, 2.75) is 56.7 Å². The third kappa shape index (κ3) is 6.29. The van der Waals surface area contributed by atoms with Gasteiger partial charge in [-0.05, 0) is 51.3 Å². The SMILES string of the molecule is CC(C)(C)OC(=O)CSc1ccc(CNC2CC2)c(Cl)c1.